The largest absolute Gasteiger partial charge is 0.479 e. The molecule has 0 radical (unpaired) electrons. The fraction of sp³-hybridized carbons (Fsp3) is 0.861. The number of carboxylic acids is 1. The van der Waals surface area contributed by atoms with Crippen LogP contribution >= 0.6 is 12.4 Å². The average Bonchev–Trinajstić information content (AvgIpc) is 3.01. The summed E-state index contributed by atoms with van der Waals surface area (Å²) in [5, 5.41) is 27.0. The molecule has 5 heterocycles. The minimum absolute atomic E-state index is 0. The van der Waals surface area contributed by atoms with Crippen molar-refractivity contribution < 1.29 is 63.0 Å². The molecule has 0 aliphatic carbocycles. The van der Waals surface area contributed by atoms with Crippen molar-refractivity contribution in [3.63, 3.8) is 0 Å². The Kier molecular flexibility index (Phi) is 18.4. The number of likely N-dealkylation sites (tertiary alicyclic amines) is 2. The van der Waals surface area contributed by atoms with Gasteiger partial charge in [0, 0.05) is 32.2 Å². The summed E-state index contributed by atoms with van der Waals surface area (Å²) in [6.07, 6.45) is 2.52. The van der Waals surface area contributed by atoms with Crippen LogP contribution in [0.15, 0.2) is 0 Å². The molecule has 2 amide bonds. The highest BCUT2D eigenvalue weighted by molar-refractivity contribution is 5.85. The Hall–Kier alpha value is -2.60. The van der Waals surface area contributed by atoms with E-state index in [1.54, 1.807) is 9.80 Å². The zero-order chi connectivity index (χ0) is 38.8. The number of aliphatic hydroxyl groups is 2. The van der Waals surface area contributed by atoms with Gasteiger partial charge in [0.25, 0.3) is 11.8 Å². The number of aliphatic carboxylic acids is 1. The molecule has 5 aliphatic heterocycles. The van der Waals surface area contributed by atoms with Gasteiger partial charge in [0.2, 0.25) is 0 Å². The molecular formula is C36H62ClN3O13. The van der Waals surface area contributed by atoms with Gasteiger partial charge >= 0.3 is 17.9 Å². The number of halogens is 1. The summed E-state index contributed by atoms with van der Waals surface area (Å²) in [7, 11) is 0. The molecule has 5 rings (SSSR count). The maximum Gasteiger partial charge on any atom is 0.332 e. The van der Waals surface area contributed by atoms with Crippen molar-refractivity contribution in [2.75, 3.05) is 46.0 Å². The second-order valence-electron chi connectivity index (χ2n) is 16.4. The number of amides is 2. The fourth-order valence-electron chi connectivity index (χ4n) is 6.21. The first-order chi connectivity index (χ1) is 24.2. The van der Waals surface area contributed by atoms with Crippen LogP contribution in [0.2, 0.25) is 0 Å². The molecule has 16 nitrogen and oxygen atoms in total. The topological polar surface area (TPSA) is 225 Å². The molecule has 5 aliphatic rings. The highest BCUT2D eigenvalue weighted by Gasteiger charge is 2.37. The number of rotatable bonds is 7. The van der Waals surface area contributed by atoms with Gasteiger partial charge < -0.3 is 54.5 Å². The van der Waals surface area contributed by atoms with Crippen LogP contribution in [-0.2, 0) is 47.7 Å². The Balaban J connectivity index is 0.000000278. The van der Waals surface area contributed by atoms with Crippen molar-refractivity contribution in [3.05, 3.63) is 0 Å². The van der Waals surface area contributed by atoms with Gasteiger partial charge in [-0.1, -0.05) is 0 Å². The number of β-amino-alcohol motifs (C(OH)–C–C–N with tert-alkyl or cyclic N) is 2. The molecule has 5 saturated heterocycles. The van der Waals surface area contributed by atoms with Crippen LogP contribution in [0.5, 0.6) is 0 Å². The second kappa shape index (κ2) is 20.9. The van der Waals surface area contributed by atoms with Crippen molar-refractivity contribution >= 4 is 42.1 Å². The fourth-order valence-corrected chi connectivity index (χ4v) is 6.21. The molecule has 0 bridgehead atoms. The van der Waals surface area contributed by atoms with E-state index in [0.29, 0.717) is 84.5 Å². The number of esters is 2. The van der Waals surface area contributed by atoms with Crippen LogP contribution in [0.25, 0.3) is 0 Å². The number of carbonyl (C=O) groups excluding carboxylic acids is 4. The Labute approximate surface area is 318 Å². The van der Waals surface area contributed by atoms with Crippen molar-refractivity contribution in [1.82, 2.24) is 9.80 Å². The first-order valence-corrected chi connectivity index (χ1v) is 18.4. The highest BCUT2D eigenvalue weighted by atomic mass is 35.5. The molecule has 5 fully saturated rings. The third-order valence-electron chi connectivity index (χ3n) is 8.98. The van der Waals surface area contributed by atoms with Crippen LogP contribution in [0.3, 0.4) is 0 Å². The number of hydrogen-bond acceptors (Lipinski definition) is 13. The van der Waals surface area contributed by atoms with E-state index in [2.05, 4.69) is 0 Å². The number of aliphatic hydroxyl groups excluding tert-OH is 2. The smallest absolute Gasteiger partial charge is 0.332 e. The number of carboxylic acid groups (broad SMARTS) is 1. The summed E-state index contributed by atoms with van der Waals surface area (Å²) in [5.41, 5.74) is 4.71. The van der Waals surface area contributed by atoms with Gasteiger partial charge in [-0.05, 0) is 91.9 Å². The normalized spacial score (nSPS) is 27.9. The van der Waals surface area contributed by atoms with Crippen molar-refractivity contribution in [2.24, 2.45) is 17.6 Å². The van der Waals surface area contributed by atoms with E-state index in [1.807, 2.05) is 41.5 Å². The summed E-state index contributed by atoms with van der Waals surface area (Å²) in [6, 6.07) is 0.0704. The van der Waals surface area contributed by atoms with Crippen molar-refractivity contribution in [2.45, 2.75) is 141 Å². The number of ether oxygens (including phenoxy) is 5. The Bertz CT molecular complexity index is 1190. The van der Waals surface area contributed by atoms with Gasteiger partial charge in [0.1, 0.15) is 23.4 Å². The number of carbonyl (C=O) groups is 5. The predicted molar refractivity (Wildman–Crippen MR) is 193 cm³/mol. The molecular weight excluding hydrogens is 718 g/mol. The Morgan fingerprint density at radius 3 is 1.26 bits per heavy atom. The summed E-state index contributed by atoms with van der Waals surface area (Å²) < 4.78 is 26.6. The average molecular weight is 780 g/mol. The van der Waals surface area contributed by atoms with E-state index in [4.69, 9.17) is 39.6 Å². The molecule has 0 saturated carbocycles. The lowest BCUT2D eigenvalue weighted by atomic mass is 9.94. The van der Waals surface area contributed by atoms with Crippen LogP contribution in [0.1, 0.15) is 92.9 Å². The molecule has 306 valence electrons. The van der Waals surface area contributed by atoms with Gasteiger partial charge in [0.05, 0.1) is 44.9 Å². The number of nitrogens with two attached hydrogens (primary N) is 1. The van der Waals surface area contributed by atoms with Gasteiger partial charge in [0.15, 0.2) is 6.10 Å². The molecule has 0 unspecified atom stereocenters. The van der Waals surface area contributed by atoms with Gasteiger partial charge in [-0.15, -0.1) is 12.4 Å². The van der Waals surface area contributed by atoms with Gasteiger partial charge in [-0.2, -0.15) is 0 Å². The van der Waals surface area contributed by atoms with Crippen LogP contribution in [-0.4, -0.2) is 149 Å². The molecule has 53 heavy (non-hydrogen) atoms. The Morgan fingerprint density at radius 1 is 0.623 bits per heavy atom. The standard InChI is InChI=1S/C15H25NO5.C12H20O5.C9H16N2O3.ClH/c1-15(2,3)21-13(18)6-10-4-5-12(20-9-10)14(19)16-7-11(17)8-16;1-12(2,3)17-10(13)6-8-4-5-9(11(14)15)16-7-8;10-6-1-2-8(14-5-6)9(13)11-3-7(12)4-11;/h10-12,17H,4-9H2,1-3H3;8-9H,4-7H2,1-3H3,(H,14,15);6-8,12H,1-5,10H2;1H/t10-,12-;8-,9-;6-,8+;/m001./s1. The quantitative estimate of drug-likeness (QED) is 0.269. The highest BCUT2D eigenvalue weighted by Crippen LogP contribution is 2.26. The minimum atomic E-state index is -0.930. The first kappa shape index (κ1) is 46.6. The van der Waals surface area contributed by atoms with E-state index >= 15 is 0 Å². The maximum absolute atomic E-state index is 12.0. The van der Waals surface area contributed by atoms with Crippen LogP contribution in [0.4, 0.5) is 0 Å². The van der Waals surface area contributed by atoms with E-state index in [-0.39, 0.29) is 66.2 Å². The molecule has 0 spiro atoms. The zero-order valence-electron chi connectivity index (χ0n) is 32.0. The second-order valence-corrected chi connectivity index (χ2v) is 16.4. The minimum Gasteiger partial charge on any atom is -0.479 e. The van der Waals surface area contributed by atoms with Crippen LogP contribution in [0, 0.1) is 11.8 Å². The van der Waals surface area contributed by atoms with E-state index in [0.717, 1.165) is 12.8 Å². The first-order valence-electron chi connectivity index (χ1n) is 18.4. The van der Waals surface area contributed by atoms with Crippen LogP contribution < -0.4 is 5.73 Å². The van der Waals surface area contributed by atoms with E-state index in [9.17, 15) is 29.1 Å². The summed E-state index contributed by atoms with van der Waals surface area (Å²) >= 11 is 0. The zero-order valence-corrected chi connectivity index (χ0v) is 32.8. The summed E-state index contributed by atoms with van der Waals surface area (Å²) in [5.74, 6) is -1.25. The van der Waals surface area contributed by atoms with Gasteiger partial charge in [-0.3, -0.25) is 19.2 Å². The lowest BCUT2D eigenvalue weighted by molar-refractivity contribution is -0.163. The van der Waals surface area contributed by atoms with Crippen molar-refractivity contribution in [3.8, 4) is 0 Å². The molecule has 0 aromatic heterocycles. The SMILES string of the molecule is CC(C)(C)OC(=O)C[C@@H]1CC[C@@H](C(=O)N2CC(O)C2)OC1.CC(C)(C)OC(=O)C[C@@H]1CC[C@@H](C(=O)O)OC1.Cl.N[C@@H]1CC[C@@H](C(=O)N2CC(O)C2)OC1. The predicted octanol–water partition coefficient (Wildman–Crippen LogP) is 1.43. The summed E-state index contributed by atoms with van der Waals surface area (Å²) in [6.45, 7) is 13.9. The van der Waals surface area contributed by atoms with E-state index in [1.165, 1.54) is 0 Å². The third kappa shape index (κ3) is 16.8. The number of nitrogens with zero attached hydrogens (tertiary/aromatic N) is 2. The lowest BCUT2D eigenvalue weighted by Crippen LogP contribution is -2.57. The molecule has 17 heteroatoms. The monoisotopic (exact) mass is 779 g/mol. The summed E-state index contributed by atoms with van der Waals surface area (Å²) in [4.78, 5) is 60.9. The lowest BCUT2D eigenvalue weighted by Gasteiger charge is -2.39. The maximum atomic E-state index is 12.0. The van der Waals surface area contributed by atoms with E-state index < -0.39 is 35.5 Å². The molecule has 0 aromatic rings. The number of hydrogen-bond donors (Lipinski definition) is 4. The Morgan fingerprint density at radius 2 is 0.981 bits per heavy atom. The van der Waals surface area contributed by atoms with Crippen molar-refractivity contribution in [1.29, 1.82) is 0 Å². The van der Waals surface area contributed by atoms with Gasteiger partial charge in [-0.25, -0.2) is 4.79 Å². The molecule has 5 N–H and O–H groups in total. The molecule has 6 atom stereocenters. The third-order valence-corrected chi connectivity index (χ3v) is 8.98. The molecule has 0 aromatic carbocycles.